The molecular formula is C21H24N2O4. The van der Waals surface area contributed by atoms with Gasteiger partial charge in [-0.15, -0.1) is 0 Å². The molecule has 0 bridgehead atoms. The van der Waals surface area contributed by atoms with Crippen LogP contribution in [0, 0.1) is 18.8 Å². The average molecular weight is 368 g/mol. The van der Waals surface area contributed by atoms with Crippen molar-refractivity contribution < 1.29 is 19.4 Å². The molecule has 27 heavy (non-hydrogen) atoms. The molecule has 1 aromatic heterocycles. The number of nitrogens with one attached hydrogen (secondary N) is 1. The minimum Gasteiger partial charge on any atom is -0.481 e. The van der Waals surface area contributed by atoms with Gasteiger partial charge in [-0.1, -0.05) is 29.8 Å². The highest BCUT2D eigenvalue weighted by Gasteiger charge is 2.30. The Bertz CT molecular complexity index is 815. The first-order chi connectivity index (χ1) is 13.0. The second kappa shape index (κ2) is 8.77. The maximum absolute atomic E-state index is 12.5. The Labute approximate surface area is 158 Å². The maximum atomic E-state index is 12.5. The fraction of sp³-hybridized carbons (Fsp3) is 0.381. The molecule has 1 unspecified atom stereocenters. The topological polar surface area (TPSA) is 88.5 Å². The number of carboxylic acids is 1. The van der Waals surface area contributed by atoms with Gasteiger partial charge < -0.3 is 15.2 Å². The van der Waals surface area contributed by atoms with E-state index in [-0.39, 0.29) is 18.4 Å². The van der Waals surface area contributed by atoms with E-state index in [1.165, 1.54) is 6.20 Å². The first-order valence-electron chi connectivity index (χ1n) is 9.15. The van der Waals surface area contributed by atoms with Crippen LogP contribution in [0.3, 0.4) is 0 Å². The summed E-state index contributed by atoms with van der Waals surface area (Å²) in [5, 5.41) is 12.3. The number of ether oxygens (including phenoxy) is 1. The lowest BCUT2D eigenvalue weighted by Crippen LogP contribution is -2.39. The number of aliphatic carboxylic acids is 1. The molecule has 1 aliphatic rings. The molecule has 2 aromatic rings. The maximum Gasteiger partial charge on any atom is 0.308 e. The molecule has 1 fully saturated rings. The summed E-state index contributed by atoms with van der Waals surface area (Å²) in [5.41, 5.74) is 3.39. The van der Waals surface area contributed by atoms with Gasteiger partial charge in [-0.25, -0.2) is 0 Å². The number of benzene rings is 1. The molecule has 0 spiro atoms. The molecule has 1 atom stereocenters. The zero-order valence-electron chi connectivity index (χ0n) is 15.4. The van der Waals surface area contributed by atoms with Crippen LogP contribution >= 0.6 is 0 Å². The molecular weight excluding hydrogens is 344 g/mol. The van der Waals surface area contributed by atoms with Gasteiger partial charge in [0.2, 0.25) is 0 Å². The van der Waals surface area contributed by atoms with Crippen LogP contribution in [-0.2, 0) is 9.53 Å². The third-order valence-corrected chi connectivity index (χ3v) is 4.99. The van der Waals surface area contributed by atoms with Crippen LogP contribution in [0.4, 0.5) is 0 Å². The Morgan fingerprint density at radius 1 is 1.22 bits per heavy atom. The van der Waals surface area contributed by atoms with Gasteiger partial charge in [0.05, 0.1) is 11.5 Å². The summed E-state index contributed by atoms with van der Waals surface area (Å²) >= 11 is 0. The van der Waals surface area contributed by atoms with Crippen LogP contribution in [0.2, 0.25) is 0 Å². The lowest BCUT2D eigenvalue weighted by molar-refractivity contribution is -0.144. The first-order valence-corrected chi connectivity index (χ1v) is 9.15. The molecule has 1 saturated heterocycles. The number of carbonyl (C=O) groups is 2. The molecule has 0 saturated carbocycles. The molecule has 3 rings (SSSR count). The molecule has 6 heteroatoms. The summed E-state index contributed by atoms with van der Waals surface area (Å²) in [5.74, 6) is -1.77. The van der Waals surface area contributed by atoms with Crippen LogP contribution in [0.1, 0.15) is 28.8 Å². The fourth-order valence-electron chi connectivity index (χ4n) is 3.43. The van der Waals surface area contributed by atoms with Crippen molar-refractivity contribution in [1.29, 1.82) is 0 Å². The van der Waals surface area contributed by atoms with E-state index in [4.69, 9.17) is 4.74 Å². The van der Waals surface area contributed by atoms with Crippen LogP contribution in [0.25, 0.3) is 11.1 Å². The van der Waals surface area contributed by atoms with Gasteiger partial charge in [-0.3, -0.25) is 14.6 Å². The monoisotopic (exact) mass is 368 g/mol. The zero-order chi connectivity index (χ0) is 19.2. The van der Waals surface area contributed by atoms with Crippen molar-refractivity contribution in [3.8, 4) is 11.1 Å². The molecule has 2 heterocycles. The van der Waals surface area contributed by atoms with Crippen molar-refractivity contribution in [1.82, 2.24) is 10.3 Å². The number of carboxylic acid groups (broad SMARTS) is 1. The van der Waals surface area contributed by atoms with Crippen LogP contribution < -0.4 is 5.32 Å². The van der Waals surface area contributed by atoms with Gasteiger partial charge in [-0.2, -0.15) is 0 Å². The lowest BCUT2D eigenvalue weighted by Gasteiger charge is -2.27. The largest absolute Gasteiger partial charge is 0.481 e. The van der Waals surface area contributed by atoms with Crippen molar-refractivity contribution >= 4 is 11.9 Å². The van der Waals surface area contributed by atoms with Gasteiger partial charge in [0.15, 0.2) is 0 Å². The molecule has 2 N–H and O–H groups in total. The number of amides is 1. The van der Waals surface area contributed by atoms with Crippen molar-refractivity contribution in [2.45, 2.75) is 19.8 Å². The Kier molecular flexibility index (Phi) is 6.19. The third kappa shape index (κ3) is 4.92. The van der Waals surface area contributed by atoms with Crippen molar-refractivity contribution in [3.05, 3.63) is 53.9 Å². The summed E-state index contributed by atoms with van der Waals surface area (Å²) in [7, 11) is 0. The van der Waals surface area contributed by atoms with E-state index in [2.05, 4.69) is 10.3 Å². The smallest absolute Gasteiger partial charge is 0.308 e. The third-order valence-electron chi connectivity index (χ3n) is 4.99. The van der Waals surface area contributed by atoms with Crippen molar-refractivity contribution in [3.63, 3.8) is 0 Å². The number of hydrogen-bond acceptors (Lipinski definition) is 4. The SMILES string of the molecule is Cc1cccc(-c2cncc(C(=O)NCC(C(=O)O)C3CCOCC3)c2)c1. The Morgan fingerprint density at radius 2 is 2.00 bits per heavy atom. The second-order valence-electron chi connectivity index (χ2n) is 6.94. The van der Waals surface area contributed by atoms with E-state index in [1.54, 1.807) is 12.3 Å². The number of rotatable bonds is 6. The van der Waals surface area contributed by atoms with Crippen molar-refractivity contribution in [2.75, 3.05) is 19.8 Å². The van der Waals surface area contributed by atoms with Gasteiger partial charge in [0.25, 0.3) is 5.91 Å². The number of pyridine rings is 1. The van der Waals surface area contributed by atoms with E-state index in [1.807, 2.05) is 31.2 Å². The Hall–Kier alpha value is -2.73. The van der Waals surface area contributed by atoms with Crippen LogP contribution in [0.5, 0.6) is 0 Å². The lowest BCUT2D eigenvalue weighted by atomic mass is 9.86. The summed E-state index contributed by atoms with van der Waals surface area (Å²) in [6, 6.07) is 9.75. The molecule has 0 aliphatic carbocycles. The van der Waals surface area contributed by atoms with E-state index in [9.17, 15) is 14.7 Å². The number of nitrogens with zero attached hydrogens (tertiary/aromatic N) is 1. The van der Waals surface area contributed by atoms with Gasteiger partial charge in [-0.05, 0) is 37.3 Å². The quantitative estimate of drug-likeness (QED) is 0.818. The number of carbonyl (C=O) groups excluding carboxylic acids is 1. The molecule has 142 valence electrons. The number of aromatic nitrogens is 1. The normalized spacial score (nSPS) is 15.9. The molecule has 1 aliphatic heterocycles. The van der Waals surface area contributed by atoms with E-state index >= 15 is 0 Å². The Morgan fingerprint density at radius 3 is 2.70 bits per heavy atom. The highest BCUT2D eigenvalue weighted by molar-refractivity contribution is 5.95. The van der Waals surface area contributed by atoms with E-state index in [0.29, 0.717) is 31.6 Å². The van der Waals surface area contributed by atoms with Gasteiger partial charge in [0, 0.05) is 37.7 Å². The van der Waals surface area contributed by atoms with Crippen LogP contribution in [0.15, 0.2) is 42.7 Å². The summed E-state index contributed by atoms with van der Waals surface area (Å²) < 4.78 is 5.30. The van der Waals surface area contributed by atoms with Gasteiger partial charge >= 0.3 is 5.97 Å². The summed E-state index contributed by atoms with van der Waals surface area (Å²) in [6.07, 6.45) is 4.63. The van der Waals surface area contributed by atoms with Crippen molar-refractivity contribution in [2.24, 2.45) is 11.8 Å². The predicted octanol–water partition coefficient (Wildman–Crippen LogP) is 2.91. The summed E-state index contributed by atoms with van der Waals surface area (Å²) in [6.45, 7) is 3.26. The average Bonchev–Trinajstić information content (AvgIpc) is 2.68. The second-order valence-corrected chi connectivity index (χ2v) is 6.94. The minimum atomic E-state index is -0.881. The van der Waals surface area contributed by atoms with E-state index < -0.39 is 11.9 Å². The predicted molar refractivity (Wildman–Crippen MR) is 101 cm³/mol. The fourth-order valence-corrected chi connectivity index (χ4v) is 3.43. The summed E-state index contributed by atoms with van der Waals surface area (Å²) in [4.78, 5) is 28.3. The van der Waals surface area contributed by atoms with Crippen LogP contribution in [-0.4, -0.2) is 41.7 Å². The first kappa shape index (κ1) is 19.0. The number of hydrogen-bond donors (Lipinski definition) is 2. The highest BCUT2D eigenvalue weighted by Crippen LogP contribution is 2.24. The standard InChI is InChI=1S/C21H24N2O4/c1-14-3-2-4-16(9-14)17-10-18(12-22-11-17)20(24)23-13-19(21(25)26)15-5-7-27-8-6-15/h2-4,9-12,15,19H,5-8,13H2,1H3,(H,23,24)(H,25,26). The van der Waals surface area contributed by atoms with Gasteiger partial charge in [0.1, 0.15) is 0 Å². The zero-order valence-corrected chi connectivity index (χ0v) is 15.4. The Balaban J connectivity index is 1.68. The molecule has 1 amide bonds. The number of aryl methyl sites for hydroxylation is 1. The minimum absolute atomic E-state index is 0.0216. The molecule has 6 nitrogen and oxygen atoms in total. The molecule has 1 aromatic carbocycles. The molecule has 0 radical (unpaired) electrons. The van der Waals surface area contributed by atoms with E-state index in [0.717, 1.165) is 16.7 Å². The highest BCUT2D eigenvalue weighted by atomic mass is 16.5.